The summed E-state index contributed by atoms with van der Waals surface area (Å²) < 4.78 is 6.58. The Hall–Kier alpha value is -2.45. The van der Waals surface area contributed by atoms with Gasteiger partial charge in [0.15, 0.2) is 5.78 Å². The molecular weight excluding hydrogens is 430 g/mol. The highest BCUT2D eigenvalue weighted by Crippen LogP contribution is 2.24. The number of benzene rings is 2. The fourth-order valence-corrected chi connectivity index (χ4v) is 3.18. The van der Waals surface area contributed by atoms with Gasteiger partial charge in [-0.3, -0.25) is 9.59 Å². The monoisotopic (exact) mass is 445 g/mol. The van der Waals surface area contributed by atoms with Crippen LogP contribution in [-0.2, 0) is 4.79 Å². The van der Waals surface area contributed by atoms with Gasteiger partial charge >= 0.3 is 0 Å². The third-order valence-corrected chi connectivity index (χ3v) is 4.98. The van der Waals surface area contributed by atoms with Crippen molar-refractivity contribution in [3.05, 3.63) is 58.6 Å². The van der Waals surface area contributed by atoms with Crippen LogP contribution in [0.2, 0.25) is 0 Å². The summed E-state index contributed by atoms with van der Waals surface area (Å²) in [6.07, 6.45) is 0.301. The minimum atomic E-state index is -0.120. The molecule has 0 aliphatic rings. The number of nitrogens with one attached hydrogen (secondary N) is 1. The molecule has 1 heterocycles. The first-order chi connectivity index (χ1) is 13.0. The molecule has 6 nitrogen and oxygen atoms in total. The molecule has 1 amide bonds. The quantitative estimate of drug-likeness (QED) is 0.414. The summed E-state index contributed by atoms with van der Waals surface area (Å²) in [5.74, 6) is 0.830. The highest BCUT2D eigenvalue weighted by molar-refractivity contribution is 9.10. The van der Waals surface area contributed by atoms with E-state index in [1.165, 1.54) is 18.7 Å². The first-order valence-electron chi connectivity index (χ1n) is 8.14. The van der Waals surface area contributed by atoms with Gasteiger partial charge in [0, 0.05) is 33.5 Å². The lowest BCUT2D eigenvalue weighted by molar-refractivity contribution is -0.115. The van der Waals surface area contributed by atoms with Crippen molar-refractivity contribution in [1.82, 2.24) is 10.2 Å². The molecule has 0 aliphatic carbocycles. The zero-order valence-electron chi connectivity index (χ0n) is 14.4. The van der Waals surface area contributed by atoms with E-state index in [1.54, 1.807) is 24.3 Å². The number of rotatable bonds is 7. The van der Waals surface area contributed by atoms with Gasteiger partial charge in [0.1, 0.15) is 0 Å². The van der Waals surface area contributed by atoms with E-state index < -0.39 is 0 Å². The smallest absolute Gasteiger partial charge is 0.276 e. The van der Waals surface area contributed by atoms with Crippen LogP contribution in [0.1, 0.15) is 23.7 Å². The fraction of sp³-hybridized carbons (Fsp3) is 0.158. The van der Waals surface area contributed by atoms with Crippen LogP contribution in [0.3, 0.4) is 0 Å². The van der Waals surface area contributed by atoms with Gasteiger partial charge in [-0.15, -0.1) is 10.2 Å². The third kappa shape index (κ3) is 5.51. The second-order valence-electron chi connectivity index (χ2n) is 5.66. The molecule has 0 saturated heterocycles. The highest BCUT2D eigenvalue weighted by Gasteiger charge is 2.10. The number of anilines is 1. The molecule has 1 aromatic heterocycles. The van der Waals surface area contributed by atoms with E-state index in [9.17, 15) is 9.59 Å². The summed E-state index contributed by atoms with van der Waals surface area (Å²) in [6, 6.07) is 14.4. The molecule has 0 saturated carbocycles. The molecule has 0 spiro atoms. The fourth-order valence-electron chi connectivity index (χ4n) is 2.22. The van der Waals surface area contributed by atoms with Crippen LogP contribution in [0, 0.1) is 0 Å². The summed E-state index contributed by atoms with van der Waals surface area (Å²) >= 11 is 4.71. The van der Waals surface area contributed by atoms with Crippen molar-refractivity contribution in [2.45, 2.75) is 18.6 Å². The minimum absolute atomic E-state index is 0.00802. The van der Waals surface area contributed by atoms with Gasteiger partial charge in [-0.25, -0.2) is 0 Å². The minimum Gasteiger partial charge on any atom is -0.411 e. The number of halogens is 1. The van der Waals surface area contributed by atoms with Crippen molar-refractivity contribution in [2.24, 2.45) is 0 Å². The van der Waals surface area contributed by atoms with Crippen LogP contribution in [-0.4, -0.2) is 27.6 Å². The first-order valence-corrected chi connectivity index (χ1v) is 9.92. The molecule has 3 aromatic rings. The van der Waals surface area contributed by atoms with E-state index in [0.717, 1.165) is 10.0 Å². The van der Waals surface area contributed by atoms with E-state index >= 15 is 0 Å². The summed E-state index contributed by atoms with van der Waals surface area (Å²) in [7, 11) is 0. The second-order valence-corrected chi connectivity index (χ2v) is 7.62. The van der Waals surface area contributed by atoms with Crippen LogP contribution < -0.4 is 5.32 Å². The lowest BCUT2D eigenvalue weighted by Gasteiger charge is -2.05. The normalized spacial score (nSPS) is 10.6. The average molecular weight is 446 g/mol. The molecule has 0 fully saturated rings. The molecule has 0 aliphatic heterocycles. The Balaban J connectivity index is 1.47. The molecule has 1 N–H and O–H groups in total. The number of thioether (sulfide) groups is 1. The van der Waals surface area contributed by atoms with Crippen LogP contribution in [0.5, 0.6) is 0 Å². The van der Waals surface area contributed by atoms with Gasteiger partial charge in [0.25, 0.3) is 5.22 Å². The van der Waals surface area contributed by atoms with Gasteiger partial charge in [-0.2, -0.15) is 0 Å². The summed E-state index contributed by atoms with van der Waals surface area (Å²) in [5.41, 5.74) is 2.11. The van der Waals surface area contributed by atoms with Crippen molar-refractivity contribution < 1.29 is 14.0 Å². The molecular formula is C19H16BrN3O3S. The number of Topliss-reactive ketones (excluding diaryl/α,β-unsaturated/α-hetero) is 1. The highest BCUT2D eigenvalue weighted by atomic mass is 79.9. The number of carbonyl (C=O) groups excluding carboxylic acids is 2. The van der Waals surface area contributed by atoms with Crippen molar-refractivity contribution in [3.63, 3.8) is 0 Å². The Labute approximate surface area is 168 Å². The van der Waals surface area contributed by atoms with Crippen molar-refractivity contribution in [2.75, 3.05) is 11.1 Å². The van der Waals surface area contributed by atoms with E-state index in [2.05, 4.69) is 31.4 Å². The summed E-state index contributed by atoms with van der Waals surface area (Å²) in [6.45, 7) is 1.50. The lowest BCUT2D eigenvalue weighted by Crippen LogP contribution is -2.12. The Bertz CT molecular complexity index is 940. The first kappa shape index (κ1) is 19.3. The van der Waals surface area contributed by atoms with Gasteiger partial charge in [-0.1, -0.05) is 27.7 Å². The predicted molar refractivity (Wildman–Crippen MR) is 108 cm³/mol. The number of amides is 1. The maximum atomic E-state index is 12.0. The third-order valence-electron chi connectivity index (χ3n) is 3.63. The standard InChI is InChI=1S/C19H16BrN3O3S/c1-12(24)13-4-8-16(9-5-13)21-17(25)10-11-27-19-23-22-18(26-19)14-2-6-15(20)7-3-14/h2-9H,10-11H2,1H3,(H,21,25). The van der Waals surface area contributed by atoms with Gasteiger partial charge < -0.3 is 9.73 Å². The van der Waals surface area contributed by atoms with Crippen LogP contribution >= 0.6 is 27.7 Å². The molecule has 8 heteroatoms. The van der Waals surface area contributed by atoms with Crippen LogP contribution in [0.15, 0.2) is 62.6 Å². The number of hydrogen-bond acceptors (Lipinski definition) is 6. The van der Waals surface area contributed by atoms with Crippen molar-refractivity contribution in [1.29, 1.82) is 0 Å². The molecule has 0 atom stereocenters. The molecule has 0 bridgehead atoms. The zero-order chi connectivity index (χ0) is 19.2. The Morgan fingerprint density at radius 1 is 1.07 bits per heavy atom. The van der Waals surface area contributed by atoms with Gasteiger partial charge in [0.2, 0.25) is 11.8 Å². The topological polar surface area (TPSA) is 85.1 Å². The number of hydrogen-bond donors (Lipinski definition) is 1. The van der Waals surface area contributed by atoms with Crippen molar-refractivity contribution in [3.8, 4) is 11.5 Å². The molecule has 0 radical (unpaired) electrons. The number of nitrogens with zero attached hydrogens (tertiary/aromatic N) is 2. The Morgan fingerprint density at radius 3 is 2.44 bits per heavy atom. The maximum Gasteiger partial charge on any atom is 0.276 e. The zero-order valence-corrected chi connectivity index (χ0v) is 16.8. The van der Waals surface area contributed by atoms with E-state index in [4.69, 9.17) is 4.42 Å². The number of carbonyl (C=O) groups is 2. The number of ketones is 1. The maximum absolute atomic E-state index is 12.0. The van der Waals surface area contributed by atoms with Crippen molar-refractivity contribution >= 4 is 45.1 Å². The van der Waals surface area contributed by atoms with Gasteiger partial charge in [-0.05, 0) is 55.5 Å². The molecule has 3 rings (SSSR count). The second kappa shape index (κ2) is 8.96. The Kier molecular flexibility index (Phi) is 6.41. The number of aromatic nitrogens is 2. The van der Waals surface area contributed by atoms with Crippen LogP contribution in [0.25, 0.3) is 11.5 Å². The summed E-state index contributed by atoms with van der Waals surface area (Å²) in [5, 5.41) is 11.2. The molecule has 2 aromatic carbocycles. The predicted octanol–water partition coefficient (Wildman–Crippen LogP) is 4.82. The summed E-state index contributed by atoms with van der Waals surface area (Å²) in [4.78, 5) is 23.3. The average Bonchev–Trinajstić information content (AvgIpc) is 3.11. The molecule has 0 unspecified atom stereocenters. The largest absolute Gasteiger partial charge is 0.411 e. The SMILES string of the molecule is CC(=O)c1ccc(NC(=O)CCSc2nnc(-c3ccc(Br)cc3)o2)cc1. The molecule has 27 heavy (non-hydrogen) atoms. The van der Waals surface area contributed by atoms with E-state index in [1.807, 2.05) is 24.3 Å². The molecule has 138 valence electrons. The van der Waals surface area contributed by atoms with Gasteiger partial charge in [0.05, 0.1) is 0 Å². The van der Waals surface area contributed by atoms with Crippen LogP contribution in [0.4, 0.5) is 5.69 Å². The Morgan fingerprint density at radius 2 is 1.78 bits per heavy atom. The lowest BCUT2D eigenvalue weighted by atomic mass is 10.1. The van der Waals surface area contributed by atoms with E-state index in [0.29, 0.717) is 34.5 Å². The van der Waals surface area contributed by atoms with E-state index in [-0.39, 0.29) is 11.7 Å².